The fourth-order valence-electron chi connectivity index (χ4n) is 3.20. The second kappa shape index (κ2) is 9.13. The van der Waals surface area contributed by atoms with Crippen LogP contribution in [0.5, 0.6) is 0 Å². The van der Waals surface area contributed by atoms with Crippen molar-refractivity contribution in [1.29, 1.82) is 0 Å². The highest BCUT2D eigenvalue weighted by Gasteiger charge is 2.25. The molecule has 1 saturated heterocycles. The molecule has 1 amide bonds. The Morgan fingerprint density at radius 3 is 2.44 bits per heavy atom. The molecule has 0 saturated carbocycles. The number of hydrogen-bond acceptors (Lipinski definition) is 5. The van der Waals surface area contributed by atoms with E-state index in [0.29, 0.717) is 0 Å². The van der Waals surface area contributed by atoms with Crippen LogP contribution in [0.2, 0.25) is 0 Å². The molecule has 27 heavy (non-hydrogen) atoms. The summed E-state index contributed by atoms with van der Waals surface area (Å²) in [5.74, 6) is -0.658. The van der Waals surface area contributed by atoms with Gasteiger partial charge in [-0.05, 0) is 31.7 Å². The molecule has 144 valence electrons. The molecule has 6 heteroatoms. The normalized spacial score (nSPS) is 15.9. The maximum Gasteiger partial charge on any atom is 0.358 e. The van der Waals surface area contributed by atoms with Gasteiger partial charge < -0.3 is 9.64 Å². The van der Waals surface area contributed by atoms with Gasteiger partial charge in [-0.3, -0.25) is 4.79 Å². The van der Waals surface area contributed by atoms with Crippen LogP contribution in [-0.4, -0.2) is 41.0 Å². The molecule has 0 N–H and O–H groups in total. The molecule has 1 aromatic heterocycles. The van der Waals surface area contributed by atoms with E-state index < -0.39 is 12.1 Å². The monoisotopic (exact) mass is 386 g/mol. The second-order valence-electron chi connectivity index (χ2n) is 6.88. The van der Waals surface area contributed by atoms with Gasteiger partial charge in [-0.2, -0.15) is 0 Å². The molecule has 1 aliphatic heterocycles. The number of benzene rings is 1. The molecular formula is C21H26N2O3S. The predicted molar refractivity (Wildman–Crippen MR) is 107 cm³/mol. The number of amides is 1. The standard InChI is InChI=1S/C21H26N2O3S/c1-3-16-8-10-17(11-9-16)19-22-18(14-27-19)21(25)26-15(2)20(24)23-12-6-4-5-7-13-23/h8-11,14-15H,3-7,12-13H2,1-2H3/t15-/m1/s1. The van der Waals surface area contributed by atoms with Gasteiger partial charge in [-0.15, -0.1) is 11.3 Å². The molecular weight excluding hydrogens is 360 g/mol. The molecule has 2 heterocycles. The van der Waals surface area contributed by atoms with Gasteiger partial charge in [-0.1, -0.05) is 44.0 Å². The zero-order chi connectivity index (χ0) is 19.2. The molecule has 0 aliphatic carbocycles. The number of hydrogen-bond donors (Lipinski definition) is 0. The number of nitrogens with zero attached hydrogens (tertiary/aromatic N) is 2. The summed E-state index contributed by atoms with van der Waals surface area (Å²) in [5, 5.41) is 2.46. The SMILES string of the molecule is CCc1ccc(-c2nc(C(=O)O[C@H](C)C(=O)N3CCCCCC3)cs2)cc1. The third-order valence-corrected chi connectivity index (χ3v) is 5.76. The van der Waals surface area contributed by atoms with Crippen molar-refractivity contribution in [1.82, 2.24) is 9.88 Å². The van der Waals surface area contributed by atoms with E-state index >= 15 is 0 Å². The number of rotatable bonds is 5. The van der Waals surface area contributed by atoms with Gasteiger partial charge in [0.2, 0.25) is 0 Å². The Balaban J connectivity index is 1.62. The number of carbonyl (C=O) groups is 2. The van der Waals surface area contributed by atoms with Crippen molar-refractivity contribution in [2.45, 2.75) is 52.1 Å². The number of carbonyl (C=O) groups excluding carboxylic acids is 2. The zero-order valence-corrected chi connectivity index (χ0v) is 16.8. The third kappa shape index (κ3) is 4.95. The first-order valence-electron chi connectivity index (χ1n) is 9.63. The molecule has 1 atom stereocenters. The van der Waals surface area contributed by atoms with Crippen molar-refractivity contribution in [3.8, 4) is 10.6 Å². The Morgan fingerprint density at radius 2 is 1.81 bits per heavy atom. The molecule has 0 radical (unpaired) electrons. The summed E-state index contributed by atoms with van der Waals surface area (Å²) in [6.07, 6.45) is 4.53. The van der Waals surface area contributed by atoms with Crippen LogP contribution in [0.15, 0.2) is 29.6 Å². The Labute approximate surface area is 164 Å². The summed E-state index contributed by atoms with van der Waals surface area (Å²) >= 11 is 1.40. The number of likely N-dealkylation sites (tertiary alicyclic amines) is 1. The molecule has 1 aromatic carbocycles. The summed E-state index contributed by atoms with van der Waals surface area (Å²) in [6, 6.07) is 8.16. The zero-order valence-electron chi connectivity index (χ0n) is 15.9. The van der Waals surface area contributed by atoms with E-state index in [1.807, 2.05) is 17.0 Å². The van der Waals surface area contributed by atoms with Gasteiger partial charge in [0, 0.05) is 24.0 Å². The van der Waals surface area contributed by atoms with Crippen molar-refractivity contribution in [2.24, 2.45) is 0 Å². The quantitative estimate of drug-likeness (QED) is 0.718. The van der Waals surface area contributed by atoms with Crippen molar-refractivity contribution in [3.05, 3.63) is 40.9 Å². The van der Waals surface area contributed by atoms with Crippen molar-refractivity contribution >= 4 is 23.2 Å². The Bertz CT molecular complexity index is 777. The highest BCUT2D eigenvalue weighted by molar-refractivity contribution is 7.13. The minimum atomic E-state index is -0.787. The lowest BCUT2D eigenvalue weighted by Gasteiger charge is -2.23. The number of aryl methyl sites for hydroxylation is 1. The Hall–Kier alpha value is -2.21. The minimum Gasteiger partial charge on any atom is -0.448 e. The second-order valence-corrected chi connectivity index (χ2v) is 7.73. The van der Waals surface area contributed by atoms with Crippen LogP contribution in [0.4, 0.5) is 0 Å². The highest BCUT2D eigenvalue weighted by Crippen LogP contribution is 2.25. The van der Waals surface area contributed by atoms with Crippen molar-refractivity contribution in [2.75, 3.05) is 13.1 Å². The van der Waals surface area contributed by atoms with Crippen LogP contribution in [0, 0.1) is 0 Å². The lowest BCUT2D eigenvalue weighted by molar-refractivity contribution is -0.139. The van der Waals surface area contributed by atoms with Gasteiger partial charge in [0.15, 0.2) is 11.8 Å². The topological polar surface area (TPSA) is 59.5 Å². The number of thiazole rings is 1. The molecule has 3 rings (SSSR count). The van der Waals surface area contributed by atoms with Crippen LogP contribution in [0.3, 0.4) is 0 Å². The fourth-order valence-corrected chi connectivity index (χ4v) is 4.00. The maximum absolute atomic E-state index is 12.5. The first kappa shape index (κ1) is 19.5. The van der Waals surface area contributed by atoms with Gasteiger partial charge in [-0.25, -0.2) is 9.78 Å². The first-order chi connectivity index (χ1) is 13.1. The molecule has 0 unspecified atom stereocenters. The lowest BCUT2D eigenvalue weighted by Crippen LogP contribution is -2.40. The van der Waals surface area contributed by atoms with E-state index in [4.69, 9.17) is 4.74 Å². The first-order valence-corrected chi connectivity index (χ1v) is 10.5. The van der Waals surface area contributed by atoms with E-state index in [1.165, 1.54) is 16.9 Å². The summed E-state index contributed by atoms with van der Waals surface area (Å²) in [6.45, 7) is 5.24. The molecule has 2 aromatic rings. The van der Waals surface area contributed by atoms with Crippen LogP contribution in [-0.2, 0) is 16.0 Å². The fraction of sp³-hybridized carbons (Fsp3) is 0.476. The molecule has 0 bridgehead atoms. The summed E-state index contributed by atoms with van der Waals surface area (Å²) < 4.78 is 5.39. The van der Waals surface area contributed by atoms with Crippen molar-refractivity contribution in [3.63, 3.8) is 0 Å². The Kier molecular flexibility index (Phi) is 6.61. The molecule has 1 aliphatic rings. The average Bonchev–Trinajstić information content (AvgIpc) is 3.03. The number of esters is 1. The largest absolute Gasteiger partial charge is 0.448 e. The van der Waals surface area contributed by atoms with Crippen LogP contribution in [0.1, 0.15) is 55.6 Å². The lowest BCUT2D eigenvalue weighted by atomic mass is 10.1. The van der Waals surface area contributed by atoms with E-state index in [2.05, 4.69) is 24.0 Å². The van der Waals surface area contributed by atoms with Crippen LogP contribution < -0.4 is 0 Å². The van der Waals surface area contributed by atoms with Gasteiger partial charge in [0.05, 0.1) is 0 Å². The highest BCUT2D eigenvalue weighted by atomic mass is 32.1. The van der Waals surface area contributed by atoms with Gasteiger partial charge in [0.25, 0.3) is 5.91 Å². The van der Waals surface area contributed by atoms with Crippen molar-refractivity contribution < 1.29 is 14.3 Å². The number of aromatic nitrogens is 1. The summed E-state index contributed by atoms with van der Waals surface area (Å²) in [4.78, 5) is 31.1. The van der Waals surface area contributed by atoms with Gasteiger partial charge in [0.1, 0.15) is 5.01 Å². The number of ether oxygens (including phenoxy) is 1. The third-order valence-electron chi connectivity index (χ3n) is 4.87. The van der Waals surface area contributed by atoms with Crippen LogP contribution in [0.25, 0.3) is 10.6 Å². The Morgan fingerprint density at radius 1 is 1.15 bits per heavy atom. The minimum absolute atomic E-state index is 0.115. The molecule has 0 spiro atoms. The average molecular weight is 387 g/mol. The van der Waals surface area contributed by atoms with E-state index in [0.717, 1.165) is 55.8 Å². The molecule has 5 nitrogen and oxygen atoms in total. The maximum atomic E-state index is 12.5. The smallest absolute Gasteiger partial charge is 0.358 e. The predicted octanol–water partition coefficient (Wildman–Crippen LogP) is 4.32. The van der Waals surface area contributed by atoms with Gasteiger partial charge >= 0.3 is 5.97 Å². The molecule has 1 fully saturated rings. The van der Waals surface area contributed by atoms with E-state index in [-0.39, 0.29) is 11.6 Å². The van der Waals surface area contributed by atoms with Crippen LogP contribution >= 0.6 is 11.3 Å². The van der Waals surface area contributed by atoms with E-state index in [1.54, 1.807) is 12.3 Å². The van der Waals surface area contributed by atoms with E-state index in [9.17, 15) is 9.59 Å². The summed E-state index contributed by atoms with van der Waals surface area (Å²) in [5.41, 5.74) is 2.49. The summed E-state index contributed by atoms with van der Waals surface area (Å²) in [7, 11) is 0.